The van der Waals surface area contributed by atoms with Crippen molar-refractivity contribution in [3.05, 3.63) is 24.5 Å². The number of ether oxygens (including phenoxy) is 3. The summed E-state index contributed by atoms with van der Waals surface area (Å²) in [4.78, 5) is 0. The van der Waals surface area contributed by atoms with Gasteiger partial charge in [-0.25, -0.2) is 0 Å². The fourth-order valence-corrected chi connectivity index (χ4v) is 1.96. The van der Waals surface area contributed by atoms with Gasteiger partial charge in [0.25, 0.3) is 0 Å². The highest BCUT2D eigenvalue weighted by atomic mass is 16.6. The zero-order valence-corrected chi connectivity index (χ0v) is 11.5. The van der Waals surface area contributed by atoms with E-state index in [1.165, 1.54) is 0 Å². The fourth-order valence-electron chi connectivity index (χ4n) is 1.96. The molecule has 2 N–H and O–H groups in total. The molecule has 1 aromatic carbocycles. The van der Waals surface area contributed by atoms with Crippen molar-refractivity contribution in [3.8, 4) is 23.0 Å². The summed E-state index contributed by atoms with van der Waals surface area (Å²) in [5, 5.41) is 4.22. The summed E-state index contributed by atoms with van der Waals surface area (Å²) < 4.78 is 18.6. The van der Waals surface area contributed by atoms with Crippen LogP contribution in [0.2, 0.25) is 0 Å². The molecule has 0 amide bonds. The molecule has 1 aliphatic rings. The maximum absolute atomic E-state index is 5.97. The van der Waals surface area contributed by atoms with Crippen molar-refractivity contribution >= 4 is 5.69 Å². The Morgan fingerprint density at radius 3 is 2.60 bits per heavy atom. The normalized spacial score (nSPS) is 13.6. The largest absolute Gasteiger partial charge is 0.486 e. The van der Waals surface area contributed by atoms with E-state index in [4.69, 9.17) is 19.9 Å². The number of nitrogens with two attached hydrogens (primary N) is 1. The second kappa shape index (κ2) is 4.96. The highest BCUT2D eigenvalue weighted by Crippen LogP contribution is 2.39. The molecule has 1 aliphatic heterocycles. The Hall–Kier alpha value is -2.37. The predicted octanol–water partition coefficient (Wildman–Crippen LogP) is 2.61. The number of anilines is 1. The first-order valence-electron chi connectivity index (χ1n) is 6.54. The van der Waals surface area contributed by atoms with Gasteiger partial charge in [-0.1, -0.05) is 0 Å². The van der Waals surface area contributed by atoms with Gasteiger partial charge in [0.05, 0.1) is 18.1 Å². The quantitative estimate of drug-likeness (QED) is 0.872. The van der Waals surface area contributed by atoms with Gasteiger partial charge in [0.15, 0.2) is 23.0 Å². The first-order valence-corrected chi connectivity index (χ1v) is 6.54. The van der Waals surface area contributed by atoms with E-state index in [-0.39, 0.29) is 6.04 Å². The molecule has 0 saturated carbocycles. The third-order valence-electron chi connectivity index (χ3n) is 3.01. The Morgan fingerprint density at radius 2 is 1.95 bits per heavy atom. The van der Waals surface area contributed by atoms with Gasteiger partial charge in [-0.05, 0) is 13.8 Å². The van der Waals surface area contributed by atoms with Crippen molar-refractivity contribution < 1.29 is 14.2 Å². The minimum Gasteiger partial charge on any atom is -0.486 e. The van der Waals surface area contributed by atoms with Crippen molar-refractivity contribution in [2.24, 2.45) is 0 Å². The Morgan fingerprint density at radius 1 is 1.25 bits per heavy atom. The van der Waals surface area contributed by atoms with E-state index in [2.05, 4.69) is 18.9 Å². The monoisotopic (exact) mass is 275 g/mol. The molecular weight excluding hydrogens is 258 g/mol. The van der Waals surface area contributed by atoms with E-state index >= 15 is 0 Å². The molecule has 0 spiro atoms. The maximum atomic E-state index is 5.97. The van der Waals surface area contributed by atoms with Gasteiger partial charge in [-0.3, -0.25) is 4.68 Å². The number of aromatic nitrogens is 2. The lowest BCUT2D eigenvalue weighted by Crippen LogP contribution is -2.15. The Kier molecular flexibility index (Phi) is 3.14. The molecule has 0 saturated heterocycles. The van der Waals surface area contributed by atoms with Crippen LogP contribution in [0.1, 0.15) is 19.9 Å². The molecule has 2 aromatic rings. The molecule has 0 bridgehead atoms. The van der Waals surface area contributed by atoms with Crippen LogP contribution in [0.3, 0.4) is 0 Å². The zero-order valence-electron chi connectivity index (χ0n) is 11.5. The van der Waals surface area contributed by atoms with Crippen LogP contribution < -0.4 is 19.9 Å². The average Bonchev–Trinajstić information content (AvgIpc) is 2.88. The predicted molar refractivity (Wildman–Crippen MR) is 74.5 cm³/mol. The van der Waals surface area contributed by atoms with Crippen LogP contribution in [0.5, 0.6) is 23.0 Å². The standard InChI is InChI=1S/C14H17N3O3/c1-9(2)17-8-10(7-16-17)20-12-6-14-13(5-11(12)15)18-3-4-19-14/h5-9H,3-4,15H2,1-2H3. The Bertz CT molecular complexity index is 622. The summed E-state index contributed by atoms with van der Waals surface area (Å²) >= 11 is 0. The van der Waals surface area contributed by atoms with Crippen molar-refractivity contribution in [1.29, 1.82) is 0 Å². The van der Waals surface area contributed by atoms with E-state index in [0.717, 1.165) is 0 Å². The molecule has 0 fully saturated rings. The number of fused-ring (bicyclic) bond motifs is 1. The highest BCUT2D eigenvalue weighted by Gasteiger charge is 2.16. The summed E-state index contributed by atoms with van der Waals surface area (Å²) in [6.45, 7) is 5.17. The average molecular weight is 275 g/mol. The SMILES string of the molecule is CC(C)n1cc(Oc2cc3c(cc2N)OCCO3)cn1. The van der Waals surface area contributed by atoms with E-state index in [0.29, 0.717) is 41.9 Å². The number of nitrogens with zero attached hydrogens (tertiary/aromatic N) is 2. The number of hydrogen-bond donors (Lipinski definition) is 1. The third-order valence-corrected chi connectivity index (χ3v) is 3.01. The molecule has 106 valence electrons. The molecule has 0 unspecified atom stereocenters. The van der Waals surface area contributed by atoms with E-state index in [9.17, 15) is 0 Å². The van der Waals surface area contributed by atoms with Crippen LogP contribution in [0, 0.1) is 0 Å². The van der Waals surface area contributed by atoms with Crippen molar-refractivity contribution in [3.63, 3.8) is 0 Å². The minimum absolute atomic E-state index is 0.282. The van der Waals surface area contributed by atoms with Crippen molar-refractivity contribution in [2.45, 2.75) is 19.9 Å². The van der Waals surface area contributed by atoms with Gasteiger partial charge in [-0.2, -0.15) is 5.10 Å². The third kappa shape index (κ3) is 2.36. The van der Waals surface area contributed by atoms with Crippen LogP contribution >= 0.6 is 0 Å². The smallest absolute Gasteiger partial charge is 0.165 e. The summed E-state index contributed by atoms with van der Waals surface area (Å²) in [5.74, 6) is 2.48. The second-order valence-corrected chi connectivity index (χ2v) is 4.89. The molecule has 0 radical (unpaired) electrons. The lowest BCUT2D eigenvalue weighted by molar-refractivity contribution is 0.171. The van der Waals surface area contributed by atoms with Crippen LogP contribution in [-0.4, -0.2) is 23.0 Å². The van der Waals surface area contributed by atoms with Crippen LogP contribution in [0.4, 0.5) is 5.69 Å². The van der Waals surface area contributed by atoms with Gasteiger partial charge in [0.2, 0.25) is 0 Å². The summed E-state index contributed by atoms with van der Waals surface area (Å²) in [7, 11) is 0. The molecule has 2 heterocycles. The molecule has 1 aromatic heterocycles. The Labute approximate surface area is 117 Å². The van der Waals surface area contributed by atoms with Gasteiger partial charge in [-0.15, -0.1) is 0 Å². The molecule has 0 aliphatic carbocycles. The zero-order chi connectivity index (χ0) is 14.1. The number of hydrogen-bond acceptors (Lipinski definition) is 5. The molecule has 6 heteroatoms. The van der Waals surface area contributed by atoms with Crippen molar-refractivity contribution in [1.82, 2.24) is 9.78 Å². The summed E-state index contributed by atoms with van der Waals surface area (Å²) in [5.41, 5.74) is 6.48. The van der Waals surface area contributed by atoms with E-state index < -0.39 is 0 Å². The molecular formula is C14H17N3O3. The summed E-state index contributed by atoms with van der Waals surface area (Å²) in [6.07, 6.45) is 3.50. The van der Waals surface area contributed by atoms with E-state index in [1.54, 1.807) is 18.3 Å². The van der Waals surface area contributed by atoms with Crippen molar-refractivity contribution in [2.75, 3.05) is 18.9 Å². The number of rotatable bonds is 3. The minimum atomic E-state index is 0.282. The van der Waals surface area contributed by atoms with Gasteiger partial charge in [0.1, 0.15) is 13.2 Å². The topological polar surface area (TPSA) is 71.5 Å². The van der Waals surface area contributed by atoms with E-state index in [1.807, 2.05) is 10.9 Å². The van der Waals surface area contributed by atoms with Crippen LogP contribution in [-0.2, 0) is 0 Å². The van der Waals surface area contributed by atoms with Gasteiger partial charge >= 0.3 is 0 Å². The first kappa shape index (κ1) is 12.7. The van der Waals surface area contributed by atoms with Gasteiger partial charge in [0, 0.05) is 18.2 Å². The van der Waals surface area contributed by atoms with Crippen LogP contribution in [0.15, 0.2) is 24.5 Å². The maximum Gasteiger partial charge on any atom is 0.165 e. The lowest BCUT2D eigenvalue weighted by atomic mass is 10.2. The lowest BCUT2D eigenvalue weighted by Gasteiger charge is -2.19. The fraction of sp³-hybridized carbons (Fsp3) is 0.357. The second-order valence-electron chi connectivity index (χ2n) is 4.89. The molecule has 3 rings (SSSR count). The molecule has 20 heavy (non-hydrogen) atoms. The van der Waals surface area contributed by atoms with Crippen LogP contribution in [0.25, 0.3) is 0 Å². The molecule has 6 nitrogen and oxygen atoms in total. The number of benzene rings is 1. The first-order chi connectivity index (χ1) is 9.63. The van der Waals surface area contributed by atoms with Gasteiger partial charge < -0.3 is 19.9 Å². The summed E-state index contributed by atoms with van der Waals surface area (Å²) in [6, 6.07) is 3.75. The molecule has 0 atom stereocenters. The Balaban J connectivity index is 1.86. The highest BCUT2D eigenvalue weighted by molar-refractivity contribution is 5.63. The number of nitrogen functional groups attached to an aromatic ring is 1.